The Morgan fingerprint density at radius 2 is 2.00 bits per heavy atom. The zero-order chi connectivity index (χ0) is 14.5. The van der Waals surface area contributed by atoms with Crippen molar-refractivity contribution >= 4 is 28.8 Å². The molecule has 1 fully saturated rings. The molecule has 2 rings (SSSR count). The normalized spacial score (nSPS) is 15.8. The molecule has 0 aromatic heterocycles. The number of anilines is 1. The molecule has 0 radical (unpaired) electrons. The highest BCUT2D eigenvalue weighted by atomic mass is 32.1. The molecule has 1 aliphatic heterocycles. The minimum absolute atomic E-state index is 0.238. The first-order valence-electron chi connectivity index (χ1n) is 6.53. The first-order valence-corrected chi connectivity index (χ1v) is 6.94. The van der Waals surface area contributed by atoms with E-state index in [-0.39, 0.29) is 5.91 Å². The third-order valence-corrected chi connectivity index (χ3v) is 3.76. The average Bonchev–Trinajstić information content (AvgIpc) is 2.47. The summed E-state index contributed by atoms with van der Waals surface area (Å²) in [7, 11) is 3.66. The number of carbonyl (C=O) groups excluding carboxylic acids is 1. The van der Waals surface area contributed by atoms with Gasteiger partial charge in [-0.05, 0) is 19.2 Å². The number of hydrogen-bond donors (Lipinski definition) is 1. The van der Waals surface area contributed by atoms with Crippen molar-refractivity contribution in [1.29, 1.82) is 0 Å². The number of piperazine rings is 1. The van der Waals surface area contributed by atoms with Crippen LogP contribution >= 0.6 is 12.2 Å². The van der Waals surface area contributed by atoms with Crippen LogP contribution in [0.25, 0.3) is 0 Å². The fraction of sp³-hybridized carbons (Fsp3) is 0.429. The Labute approximate surface area is 124 Å². The number of carbonyl (C=O) groups is 1. The summed E-state index contributed by atoms with van der Waals surface area (Å²) in [6, 6.07) is 7.24. The van der Waals surface area contributed by atoms with Gasteiger partial charge in [-0.2, -0.15) is 0 Å². The highest BCUT2D eigenvalue weighted by molar-refractivity contribution is 7.82. The van der Waals surface area contributed by atoms with Gasteiger partial charge in [0.05, 0.1) is 7.11 Å². The Balaban J connectivity index is 1.95. The molecule has 1 heterocycles. The van der Waals surface area contributed by atoms with E-state index in [1.807, 2.05) is 23.1 Å². The second kappa shape index (κ2) is 6.67. The molecule has 0 unspecified atom stereocenters. The molecule has 0 bridgehead atoms. The molecule has 0 saturated carbocycles. The van der Waals surface area contributed by atoms with Gasteiger partial charge in [0.1, 0.15) is 5.75 Å². The second-order valence-corrected chi connectivity index (χ2v) is 5.17. The summed E-state index contributed by atoms with van der Waals surface area (Å²) in [5, 5.41) is 2.81. The van der Waals surface area contributed by atoms with Crippen LogP contribution < -0.4 is 10.1 Å². The summed E-state index contributed by atoms with van der Waals surface area (Å²) in [4.78, 5) is 16.7. The van der Waals surface area contributed by atoms with Gasteiger partial charge in [-0.3, -0.25) is 4.79 Å². The lowest BCUT2D eigenvalue weighted by atomic mass is 10.3. The molecule has 1 amide bonds. The van der Waals surface area contributed by atoms with Gasteiger partial charge >= 0.3 is 0 Å². The number of amides is 1. The molecule has 108 valence electrons. The largest absolute Gasteiger partial charge is 0.497 e. The molecule has 5 nitrogen and oxygen atoms in total. The Morgan fingerprint density at radius 1 is 1.30 bits per heavy atom. The van der Waals surface area contributed by atoms with Crippen molar-refractivity contribution < 1.29 is 9.53 Å². The highest BCUT2D eigenvalue weighted by Crippen LogP contribution is 2.17. The number of thiocarbonyl (C=S) groups is 1. The van der Waals surface area contributed by atoms with Crippen molar-refractivity contribution in [2.45, 2.75) is 0 Å². The van der Waals surface area contributed by atoms with Gasteiger partial charge < -0.3 is 19.9 Å². The van der Waals surface area contributed by atoms with Crippen molar-refractivity contribution in [3.05, 3.63) is 24.3 Å². The minimum Gasteiger partial charge on any atom is -0.497 e. The van der Waals surface area contributed by atoms with E-state index in [0.29, 0.717) is 16.4 Å². The van der Waals surface area contributed by atoms with Gasteiger partial charge in [-0.1, -0.05) is 18.3 Å². The van der Waals surface area contributed by atoms with Crippen LogP contribution in [-0.2, 0) is 4.79 Å². The zero-order valence-electron chi connectivity index (χ0n) is 11.8. The van der Waals surface area contributed by atoms with Gasteiger partial charge in [0.25, 0.3) is 5.91 Å². The van der Waals surface area contributed by atoms with E-state index in [2.05, 4.69) is 17.3 Å². The average molecular weight is 293 g/mol. The standard InChI is InChI=1S/C14H19N3O2S/c1-16-6-8-17(9-7-16)14(20)13(18)15-11-4-3-5-12(10-11)19-2/h3-5,10H,6-9H2,1-2H3,(H,15,18). The van der Waals surface area contributed by atoms with Crippen molar-refractivity contribution in [2.24, 2.45) is 0 Å². The zero-order valence-corrected chi connectivity index (χ0v) is 12.6. The molecule has 20 heavy (non-hydrogen) atoms. The van der Waals surface area contributed by atoms with Crippen LogP contribution in [0, 0.1) is 0 Å². The molecule has 1 aliphatic rings. The summed E-state index contributed by atoms with van der Waals surface area (Å²) < 4.78 is 5.12. The van der Waals surface area contributed by atoms with Crippen LogP contribution in [-0.4, -0.2) is 61.0 Å². The molecule has 0 atom stereocenters. The number of methoxy groups -OCH3 is 1. The van der Waals surface area contributed by atoms with Crippen LogP contribution in [0.15, 0.2) is 24.3 Å². The van der Waals surface area contributed by atoms with E-state index >= 15 is 0 Å². The minimum atomic E-state index is -0.238. The molecular formula is C14H19N3O2S. The summed E-state index contributed by atoms with van der Waals surface area (Å²) in [5.74, 6) is 0.464. The predicted octanol–water partition coefficient (Wildman–Crippen LogP) is 1.21. The lowest BCUT2D eigenvalue weighted by Crippen LogP contribution is -2.49. The molecule has 1 aromatic rings. The van der Waals surface area contributed by atoms with Crippen LogP contribution in [0.3, 0.4) is 0 Å². The maximum Gasteiger partial charge on any atom is 0.283 e. The fourth-order valence-corrected chi connectivity index (χ4v) is 2.27. The third kappa shape index (κ3) is 3.68. The number of rotatable bonds is 2. The van der Waals surface area contributed by atoms with Gasteiger partial charge in [0.2, 0.25) is 0 Å². The lowest BCUT2D eigenvalue weighted by Gasteiger charge is -2.33. The molecule has 0 aliphatic carbocycles. The Morgan fingerprint density at radius 3 is 2.65 bits per heavy atom. The van der Waals surface area contributed by atoms with Crippen LogP contribution in [0.4, 0.5) is 5.69 Å². The van der Waals surface area contributed by atoms with E-state index in [1.54, 1.807) is 13.2 Å². The van der Waals surface area contributed by atoms with E-state index in [0.717, 1.165) is 26.2 Å². The number of ether oxygens (including phenoxy) is 1. The summed E-state index contributed by atoms with van der Waals surface area (Å²) in [5.41, 5.74) is 0.686. The summed E-state index contributed by atoms with van der Waals surface area (Å²) in [6.07, 6.45) is 0. The number of hydrogen-bond acceptors (Lipinski definition) is 4. The van der Waals surface area contributed by atoms with Crippen LogP contribution in [0.5, 0.6) is 5.75 Å². The third-order valence-electron chi connectivity index (χ3n) is 3.31. The van der Waals surface area contributed by atoms with Crippen molar-refractivity contribution in [2.75, 3.05) is 45.7 Å². The molecular weight excluding hydrogens is 274 g/mol. The Kier molecular flexibility index (Phi) is 4.92. The number of benzene rings is 1. The molecule has 6 heteroatoms. The van der Waals surface area contributed by atoms with Gasteiger partial charge in [0, 0.05) is 37.9 Å². The summed E-state index contributed by atoms with van der Waals surface area (Å²) in [6.45, 7) is 3.43. The maximum absolute atomic E-state index is 12.1. The Bertz CT molecular complexity index is 499. The number of nitrogens with zero attached hydrogens (tertiary/aromatic N) is 2. The lowest BCUT2D eigenvalue weighted by molar-refractivity contribution is -0.110. The van der Waals surface area contributed by atoms with Gasteiger partial charge in [-0.25, -0.2) is 0 Å². The van der Waals surface area contributed by atoms with Crippen molar-refractivity contribution in [1.82, 2.24) is 9.80 Å². The van der Waals surface area contributed by atoms with Crippen molar-refractivity contribution in [3.63, 3.8) is 0 Å². The first kappa shape index (κ1) is 14.7. The van der Waals surface area contributed by atoms with Crippen molar-refractivity contribution in [3.8, 4) is 5.75 Å². The number of likely N-dealkylation sites (N-methyl/N-ethyl adjacent to an activating group) is 1. The molecule has 1 N–H and O–H groups in total. The van der Waals surface area contributed by atoms with E-state index < -0.39 is 0 Å². The summed E-state index contributed by atoms with van der Waals surface area (Å²) >= 11 is 5.26. The van der Waals surface area contributed by atoms with Gasteiger partial charge in [-0.15, -0.1) is 0 Å². The van der Waals surface area contributed by atoms with Crippen LogP contribution in [0.2, 0.25) is 0 Å². The van der Waals surface area contributed by atoms with E-state index in [1.165, 1.54) is 0 Å². The quantitative estimate of drug-likeness (QED) is 0.830. The Hall–Kier alpha value is -1.66. The molecule has 1 saturated heterocycles. The number of nitrogens with one attached hydrogen (secondary N) is 1. The monoisotopic (exact) mass is 293 g/mol. The highest BCUT2D eigenvalue weighted by Gasteiger charge is 2.21. The molecule has 0 spiro atoms. The second-order valence-electron chi connectivity index (χ2n) is 4.78. The van der Waals surface area contributed by atoms with E-state index in [9.17, 15) is 4.79 Å². The van der Waals surface area contributed by atoms with Gasteiger partial charge in [0.15, 0.2) is 4.99 Å². The topological polar surface area (TPSA) is 44.8 Å². The first-order chi connectivity index (χ1) is 9.60. The fourth-order valence-electron chi connectivity index (χ4n) is 2.04. The molecule has 1 aromatic carbocycles. The maximum atomic E-state index is 12.1. The van der Waals surface area contributed by atoms with E-state index in [4.69, 9.17) is 17.0 Å². The van der Waals surface area contributed by atoms with Crippen LogP contribution in [0.1, 0.15) is 0 Å². The predicted molar refractivity (Wildman–Crippen MR) is 83.3 cm³/mol. The SMILES string of the molecule is COc1cccc(NC(=O)C(=S)N2CCN(C)CC2)c1. The smallest absolute Gasteiger partial charge is 0.283 e.